The quantitative estimate of drug-likeness (QED) is 0.396. The molecular formula is C18H16N4O2. The molecule has 6 heteroatoms. The Kier molecular flexibility index (Phi) is 3.87. The third-order valence-electron chi connectivity index (χ3n) is 3.70. The maximum atomic E-state index is 12.2. The van der Waals surface area contributed by atoms with Crippen molar-refractivity contribution in [1.29, 1.82) is 5.41 Å². The van der Waals surface area contributed by atoms with E-state index in [4.69, 9.17) is 11.1 Å². The highest BCUT2D eigenvalue weighted by Crippen LogP contribution is 2.35. The second-order valence-electron chi connectivity index (χ2n) is 5.49. The summed E-state index contributed by atoms with van der Waals surface area (Å²) >= 11 is 0. The first kappa shape index (κ1) is 15.5. The molecule has 6 nitrogen and oxygen atoms in total. The third kappa shape index (κ3) is 2.89. The molecular weight excluding hydrogens is 304 g/mol. The van der Waals surface area contributed by atoms with Gasteiger partial charge >= 0.3 is 0 Å². The first-order valence-electron chi connectivity index (χ1n) is 7.33. The van der Waals surface area contributed by atoms with E-state index >= 15 is 0 Å². The number of carbonyl (C=O) groups excluding carboxylic acids is 2. The van der Waals surface area contributed by atoms with Crippen LogP contribution in [-0.2, 0) is 9.59 Å². The van der Waals surface area contributed by atoms with Crippen molar-refractivity contribution in [3.8, 4) is 0 Å². The van der Waals surface area contributed by atoms with E-state index in [1.807, 2.05) is 0 Å². The van der Waals surface area contributed by atoms with E-state index in [1.165, 1.54) is 13.1 Å². The van der Waals surface area contributed by atoms with E-state index in [-0.39, 0.29) is 11.8 Å². The standard InChI is InChI=1S/C18H16N4O2/c1-10(23)21-13-4-5-17-14(8-13)15(18(24)22-17)6-11-2-3-12(9-19)16(20)7-11/h2-9,19H,20H2,1H3,(H,21,23)(H,22,24)/b15-6+,19-9?. The molecule has 0 saturated heterocycles. The molecule has 0 fully saturated rings. The summed E-state index contributed by atoms with van der Waals surface area (Å²) in [6, 6.07) is 10.5. The summed E-state index contributed by atoms with van der Waals surface area (Å²) < 4.78 is 0. The zero-order chi connectivity index (χ0) is 17.3. The van der Waals surface area contributed by atoms with E-state index < -0.39 is 0 Å². The number of benzene rings is 2. The van der Waals surface area contributed by atoms with Gasteiger partial charge in [0, 0.05) is 46.9 Å². The molecule has 0 bridgehead atoms. The van der Waals surface area contributed by atoms with Crippen LogP contribution in [0.25, 0.3) is 11.6 Å². The Labute approximate surface area is 138 Å². The number of nitrogens with two attached hydrogens (primary N) is 1. The molecule has 24 heavy (non-hydrogen) atoms. The molecule has 0 atom stereocenters. The van der Waals surface area contributed by atoms with Gasteiger partial charge in [0.05, 0.1) is 0 Å². The average molecular weight is 320 g/mol. The Hall–Kier alpha value is -3.41. The minimum absolute atomic E-state index is 0.173. The van der Waals surface area contributed by atoms with E-state index in [9.17, 15) is 9.59 Å². The smallest absolute Gasteiger partial charge is 0.256 e. The van der Waals surface area contributed by atoms with Gasteiger partial charge in [-0.2, -0.15) is 0 Å². The molecule has 1 aliphatic heterocycles. The van der Waals surface area contributed by atoms with E-state index in [0.717, 1.165) is 11.1 Å². The number of nitrogens with one attached hydrogen (secondary N) is 3. The van der Waals surface area contributed by atoms with Gasteiger partial charge in [0.1, 0.15) is 0 Å². The molecule has 2 aromatic rings. The zero-order valence-corrected chi connectivity index (χ0v) is 13.0. The highest BCUT2D eigenvalue weighted by atomic mass is 16.2. The van der Waals surface area contributed by atoms with Crippen LogP contribution in [0.5, 0.6) is 0 Å². The molecule has 1 heterocycles. The van der Waals surface area contributed by atoms with Crippen LogP contribution in [0.3, 0.4) is 0 Å². The number of hydrogen-bond acceptors (Lipinski definition) is 4. The van der Waals surface area contributed by atoms with Gasteiger partial charge in [-0.3, -0.25) is 9.59 Å². The van der Waals surface area contributed by atoms with E-state index in [1.54, 1.807) is 42.5 Å². The normalized spacial score (nSPS) is 14.2. The lowest BCUT2D eigenvalue weighted by atomic mass is 10.0. The Balaban J connectivity index is 2.03. The molecule has 5 N–H and O–H groups in total. The minimum Gasteiger partial charge on any atom is -0.398 e. The van der Waals surface area contributed by atoms with Crippen LogP contribution < -0.4 is 16.4 Å². The summed E-state index contributed by atoms with van der Waals surface area (Å²) in [5.41, 5.74) is 10.3. The van der Waals surface area contributed by atoms with Crippen LogP contribution in [0.4, 0.5) is 17.1 Å². The number of hydrogen-bond donors (Lipinski definition) is 4. The van der Waals surface area contributed by atoms with Crippen LogP contribution in [0.15, 0.2) is 36.4 Å². The summed E-state index contributed by atoms with van der Waals surface area (Å²) in [5, 5.41) is 12.8. The van der Waals surface area contributed by atoms with E-state index in [2.05, 4.69) is 10.6 Å². The number of carbonyl (C=O) groups is 2. The topological polar surface area (TPSA) is 108 Å². The number of fused-ring (bicyclic) bond motifs is 1. The molecule has 0 aromatic heterocycles. The Morgan fingerprint density at radius 2 is 2.04 bits per heavy atom. The maximum absolute atomic E-state index is 12.2. The molecule has 0 saturated carbocycles. The number of rotatable bonds is 3. The second kappa shape index (κ2) is 6.00. The van der Waals surface area contributed by atoms with E-state index in [0.29, 0.717) is 28.2 Å². The third-order valence-corrected chi connectivity index (χ3v) is 3.70. The Morgan fingerprint density at radius 1 is 1.25 bits per heavy atom. The van der Waals surface area contributed by atoms with Gasteiger partial charge in [-0.05, 0) is 35.9 Å². The van der Waals surface area contributed by atoms with Gasteiger partial charge in [-0.25, -0.2) is 0 Å². The van der Waals surface area contributed by atoms with Gasteiger partial charge < -0.3 is 21.8 Å². The van der Waals surface area contributed by atoms with Crippen molar-refractivity contribution in [2.75, 3.05) is 16.4 Å². The molecule has 0 radical (unpaired) electrons. The molecule has 2 aromatic carbocycles. The average Bonchev–Trinajstić information content (AvgIpc) is 2.83. The number of nitrogen functional groups attached to an aromatic ring is 1. The summed E-state index contributed by atoms with van der Waals surface area (Å²) in [6.07, 6.45) is 2.92. The SMILES string of the molecule is CC(=O)Nc1ccc2c(c1)/C(=C\c1ccc(C=N)c(N)c1)C(=O)N2. The van der Waals surface area contributed by atoms with Crippen molar-refractivity contribution < 1.29 is 9.59 Å². The monoisotopic (exact) mass is 320 g/mol. The molecule has 0 unspecified atom stereocenters. The van der Waals surface area contributed by atoms with Crippen LogP contribution >= 0.6 is 0 Å². The van der Waals surface area contributed by atoms with Gasteiger partial charge in [0.25, 0.3) is 5.91 Å². The summed E-state index contributed by atoms with van der Waals surface area (Å²) in [5.74, 6) is -0.382. The predicted molar refractivity (Wildman–Crippen MR) is 96.0 cm³/mol. The second-order valence-corrected chi connectivity index (χ2v) is 5.49. The Bertz CT molecular complexity index is 900. The molecule has 120 valence electrons. The van der Waals surface area contributed by atoms with Crippen LogP contribution in [-0.4, -0.2) is 18.0 Å². The molecule has 0 spiro atoms. The summed E-state index contributed by atoms with van der Waals surface area (Å²) in [4.78, 5) is 23.5. The molecule has 2 amide bonds. The van der Waals surface area contributed by atoms with Crippen molar-refractivity contribution in [3.63, 3.8) is 0 Å². The highest BCUT2D eigenvalue weighted by molar-refractivity contribution is 6.35. The van der Waals surface area contributed by atoms with Crippen LogP contribution in [0.1, 0.15) is 23.6 Å². The van der Waals surface area contributed by atoms with Crippen molar-refractivity contribution >= 4 is 46.7 Å². The first-order valence-corrected chi connectivity index (χ1v) is 7.33. The lowest BCUT2D eigenvalue weighted by molar-refractivity contribution is -0.114. The van der Waals surface area contributed by atoms with Gasteiger partial charge in [0.15, 0.2) is 0 Å². The molecule has 1 aliphatic rings. The lowest BCUT2D eigenvalue weighted by Crippen LogP contribution is -2.05. The van der Waals surface area contributed by atoms with Crippen molar-refractivity contribution in [2.45, 2.75) is 6.92 Å². The fourth-order valence-corrected chi connectivity index (χ4v) is 2.59. The summed E-state index contributed by atoms with van der Waals surface area (Å²) in [6.45, 7) is 1.43. The number of anilines is 3. The highest BCUT2D eigenvalue weighted by Gasteiger charge is 2.24. The van der Waals surface area contributed by atoms with Crippen LogP contribution in [0.2, 0.25) is 0 Å². The van der Waals surface area contributed by atoms with Crippen LogP contribution in [0, 0.1) is 5.41 Å². The van der Waals surface area contributed by atoms with Crippen molar-refractivity contribution in [3.05, 3.63) is 53.1 Å². The molecule has 3 rings (SSSR count). The van der Waals surface area contributed by atoms with Crippen molar-refractivity contribution in [1.82, 2.24) is 0 Å². The lowest BCUT2D eigenvalue weighted by Gasteiger charge is -2.05. The van der Waals surface area contributed by atoms with Gasteiger partial charge in [-0.1, -0.05) is 12.1 Å². The molecule has 0 aliphatic carbocycles. The summed E-state index contributed by atoms with van der Waals surface area (Å²) in [7, 11) is 0. The van der Waals surface area contributed by atoms with Crippen molar-refractivity contribution in [2.24, 2.45) is 0 Å². The first-order chi connectivity index (χ1) is 11.5. The Morgan fingerprint density at radius 3 is 2.71 bits per heavy atom. The van der Waals surface area contributed by atoms with Gasteiger partial charge in [0.2, 0.25) is 5.91 Å². The van der Waals surface area contributed by atoms with Gasteiger partial charge in [-0.15, -0.1) is 0 Å². The fourth-order valence-electron chi connectivity index (χ4n) is 2.59. The fraction of sp³-hybridized carbons (Fsp3) is 0.0556. The zero-order valence-electron chi connectivity index (χ0n) is 13.0. The minimum atomic E-state index is -0.209. The largest absolute Gasteiger partial charge is 0.398 e. The predicted octanol–water partition coefficient (Wildman–Crippen LogP) is 2.72. The maximum Gasteiger partial charge on any atom is 0.256 e. The number of amides is 2.